The molecule has 5 heteroatoms. The number of ketones is 1. The summed E-state index contributed by atoms with van der Waals surface area (Å²) in [6, 6.07) is 6.75. The Kier molecular flexibility index (Phi) is 4.87. The largest absolute Gasteiger partial charge is 0.350 e. The molecule has 0 atom stereocenters. The lowest BCUT2D eigenvalue weighted by molar-refractivity contribution is 0.0952. The van der Waals surface area contributed by atoms with E-state index in [1.807, 2.05) is 17.7 Å². The van der Waals surface area contributed by atoms with Crippen molar-refractivity contribution < 1.29 is 9.59 Å². The molecule has 0 aliphatic carbocycles. The van der Waals surface area contributed by atoms with Gasteiger partial charge in [0.15, 0.2) is 5.78 Å². The first-order chi connectivity index (χ1) is 10.1. The van der Waals surface area contributed by atoms with Crippen LogP contribution < -0.4 is 5.32 Å². The van der Waals surface area contributed by atoms with Crippen molar-refractivity contribution in [1.82, 2.24) is 14.9 Å². The van der Waals surface area contributed by atoms with Gasteiger partial charge in [0.1, 0.15) is 5.82 Å². The number of carbonyl (C=O) groups is 2. The second-order valence-corrected chi connectivity index (χ2v) is 4.78. The van der Waals surface area contributed by atoms with E-state index in [0.29, 0.717) is 24.2 Å². The summed E-state index contributed by atoms with van der Waals surface area (Å²) in [5.41, 5.74) is 1.05. The van der Waals surface area contributed by atoms with Crippen LogP contribution in [0, 0.1) is 0 Å². The highest BCUT2D eigenvalue weighted by Crippen LogP contribution is 2.06. The van der Waals surface area contributed by atoms with Gasteiger partial charge < -0.3 is 9.88 Å². The van der Waals surface area contributed by atoms with E-state index in [1.54, 1.807) is 30.5 Å². The van der Waals surface area contributed by atoms with E-state index in [2.05, 4.69) is 10.3 Å². The molecular weight excluding hydrogens is 266 g/mol. The molecule has 5 nitrogen and oxygen atoms in total. The van der Waals surface area contributed by atoms with Gasteiger partial charge in [0, 0.05) is 43.0 Å². The second-order valence-electron chi connectivity index (χ2n) is 4.78. The molecule has 1 heterocycles. The number of nitrogens with one attached hydrogen (secondary N) is 1. The van der Waals surface area contributed by atoms with E-state index in [1.165, 1.54) is 6.92 Å². The molecule has 0 spiro atoms. The number of nitrogens with zero attached hydrogens (tertiary/aromatic N) is 2. The summed E-state index contributed by atoms with van der Waals surface area (Å²) in [6.07, 6.45) is 4.53. The van der Waals surface area contributed by atoms with Gasteiger partial charge >= 0.3 is 0 Å². The molecule has 0 unspecified atom stereocenters. The van der Waals surface area contributed by atoms with Crippen LogP contribution in [-0.2, 0) is 13.0 Å². The number of aromatic nitrogens is 2. The molecule has 2 rings (SSSR count). The van der Waals surface area contributed by atoms with Crippen LogP contribution in [0.3, 0.4) is 0 Å². The topological polar surface area (TPSA) is 64.0 Å². The van der Waals surface area contributed by atoms with Gasteiger partial charge in [-0.3, -0.25) is 9.59 Å². The zero-order chi connectivity index (χ0) is 15.2. The number of hydrogen-bond donors (Lipinski definition) is 1. The summed E-state index contributed by atoms with van der Waals surface area (Å²) < 4.78 is 2.02. The lowest BCUT2D eigenvalue weighted by atomic mass is 10.1. The molecule has 110 valence electrons. The van der Waals surface area contributed by atoms with Gasteiger partial charge in [-0.05, 0) is 19.1 Å². The monoisotopic (exact) mass is 285 g/mol. The zero-order valence-corrected chi connectivity index (χ0v) is 12.3. The maximum absolute atomic E-state index is 12.1. The van der Waals surface area contributed by atoms with Gasteiger partial charge in [0.25, 0.3) is 5.91 Å². The average Bonchev–Trinajstić information content (AvgIpc) is 2.94. The highest BCUT2D eigenvalue weighted by atomic mass is 16.1. The third-order valence-electron chi connectivity index (χ3n) is 3.29. The van der Waals surface area contributed by atoms with Crippen LogP contribution >= 0.6 is 0 Å². The lowest BCUT2D eigenvalue weighted by Crippen LogP contribution is -2.27. The van der Waals surface area contributed by atoms with E-state index in [9.17, 15) is 9.59 Å². The van der Waals surface area contributed by atoms with Crippen molar-refractivity contribution in [3.05, 3.63) is 53.6 Å². The van der Waals surface area contributed by atoms with E-state index in [4.69, 9.17) is 0 Å². The van der Waals surface area contributed by atoms with Crippen LogP contribution in [0.15, 0.2) is 36.7 Å². The summed E-state index contributed by atoms with van der Waals surface area (Å²) >= 11 is 0. The van der Waals surface area contributed by atoms with Crippen LogP contribution in [0.25, 0.3) is 0 Å². The highest BCUT2D eigenvalue weighted by Gasteiger charge is 2.08. The molecule has 0 radical (unpaired) electrons. The van der Waals surface area contributed by atoms with Gasteiger partial charge in [-0.1, -0.05) is 19.1 Å². The molecule has 0 bridgehead atoms. The average molecular weight is 285 g/mol. The van der Waals surface area contributed by atoms with Crippen molar-refractivity contribution in [1.29, 1.82) is 0 Å². The number of Topliss-reactive ketones (excluding diaryl/α,β-unsaturated/α-hetero) is 1. The minimum Gasteiger partial charge on any atom is -0.350 e. The summed E-state index contributed by atoms with van der Waals surface area (Å²) in [5.74, 6) is 0.787. The Balaban J connectivity index is 1.93. The molecule has 0 aliphatic heterocycles. The van der Waals surface area contributed by atoms with Crippen LogP contribution in [0.5, 0.6) is 0 Å². The molecule has 1 aromatic heterocycles. The van der Waals surface area contributed by atoms with Gasteiger partial charge in [-0.15, -0.1) is 0 Å². The lowest BCUT2D eigenvalue weighted by Gasteiger charge is -2.08. The van der Waals surface area contributed by atoms with Crippen LogP contribution in [0.1, 0.15) is 40.4 Å². The smallest absolute Gasteiger partial charge is 0.251 e. The van der Waals surface area contributed by atoms with Crippen molar-refractivity contribution >= 4 is 11.7 Å². The third kappa shape index (κ3) is 3.78. The van der Waals surface area contributed by atoms with Crippen LogP contribution in [0.2, 0.25) is 0 Å². The van der Waals surface area contributed by atoms with Gasteiger partial charge in [0.05, 0.1) is 0 Å². The summed E-state index contributed by atoms with van der Waals surface area (Å²) in [6.45, 7) is 4.74. The third-order valence-corrected chi connectivity index (χ3v) is 3.29. The van der Waals surface area contributed by atoms with Crippen LogP contribution in [0.4, 0.5) is 0 Å². The quantitative estimate of drug-likeness (QED) is 0.826. The van der Waals surface area contributed by atoms with E-state index in [0.717, 1.165) is 12.2 Å². The number of aryl methyl sites for hydroxylation is 1. The van der Waals surface area contributed by atoms with E-state index < -0.39 is 0 Å². The molecule has 2 aromatic rings. The molecule has 0 aliphatic rings. The van der Waals surface area contributed by atoms with Crippen molar-refractivity contribution in [3.63, 3.8) is 0 Å². The summed E-state index contributed by atoms with van der Waals surface area (Å²) in [5, 5.41) is 2.86. The fourth-order valence-electron chi connectivity index (χ4n) is 2.13. The second kappa shape index (κ2) is 6.83. The number of benzene rings is 1. The molecular formula is C16H19N3O2. The summed E-state index contributed by atoms with van der Waals surface area (Å²) in [7, 11) is 0. The maximum atomic E-state index is 12.1. The van der Waals surface area contributed by atoms with Gasteiger partial charge in [-0.2, -0.15) is 0 Å². The number of carbonyl (C=O) groups excluding carboxylic acids is 2. The Morgan fingerprint density at radius 2 is 2.05 bits per heavy atom. The fraction of sp³-hybridized carbons (Fsp3) is 0.312. The first-order valence-electron chi connectivity index (χ1n) is 7.01. The molecule has 0 saturated carbocycles. The molecule has 1 amide bonds. The first kappa shape index (κ1) is 15.0. The number of imidazole rings is 1. The summed E-state index contributed by atoms with van der Waals surface area (Å²) in [4.78, 5) is 27.6. The Morgan fingerprint density at radius 1 is 1.29 bits per heavy atom. The first-order valence-corrected chi connectivity index (χ1v) is 7.01. The Labute approximate surface area is 124 Å². The highest BCUT2D eigenvalue weighted by molar-refractivity contribution is 5.99. The van der Waals surface area contributed by atoms with Gasteiger partial charge in [-0.25, -0.2) is 4.98 Å². The van der Waals surface area contributed by atoms with Gasteiger partial charge in [0.2, 0.25) is 0 Å². The van der Waals surface area contributed by atoms with Crippen LogP contribution in [-0.4, -0.2) is 27.8 Å². The molecule has 0 saturated heterocycles. The fourth-order valence-corrected chi connectivity index (χ4v) is 2.13. The Bertz CT molecular complexity index is 646. The number of rotatable bonds is 6. The van der Waals surface area contributed by atoms with Crippen molar-refractivity contribution in [2.24, 2.45) is 0 Å². The Morgan fingerprint density at radius 3 is 2.76 bits per heavy atom. The molecule has 0 fully saturated rings. The van der Waals surface area contributed by atoms with E-state index in [-0.39, 0.29) is 11.7 Å². The maximum Gasteiger partial charge on any atom is 0.251 e. The minimum absolute atomic E-state index is 0.0457. The SMILES string of the molecule is CCc1nccn1CCNC(=O)c1cccc(C(C)=O)c1. The number of amides is 1. The Hall–Kier alpha value is -2.43. The molecule has 1 aromatic carbocycles. The number of hydrogen-bond acceptors (Lipinski definition) is 3. The zero-order valence-electron chi connectivity index (χ0n) is 12.3. The predicted octanol–water partition coefficient (Wildman–Crippen LogP) is 2.08. The minimum atomic E-state index is -0.170. The van der Waals surface area contributed by atoms with E-state index >= 15 is 0 Å². The van der Waals surface area contributed by atoms with Crippen molar-refractivity contribution in [3.8, 4) is 0 Å². The van der Waals surface area contributed by atoms with Crippen molar-refractivity contribution in [2.75, 3.05) is 6.54 Å². The van der Waals surface area contributed by atoms with Crippen molar-refractivity contribution in [2.45, 2.75) is 26.8 Å². The molecule has 1 N–H and O–H groups in total. The normalized spacial score (nSPS) is 10.4. The predicted molar refractivity (Wildman–Crippen MR) is 80.4 cm³/mol. The standard InChI is InChI=1S/C16H19N3O2/c1-3-15-17-7-9-19(15)10-8-18-16(21)14-6-4-5-13(11-14)12(2)20/h4-7,9,11H,3,8,10H2,1-2H3,(H,18,21). The molecule has 21 heavy (non-hydrogen) atoms.